The van der Waals surface area contributed by atoms with Crippen LogP contribution in [-0.4, -0.2) is 25.7 Å². The van der Waals surface area contributed by atoms with Gasteiger partial charge in [0.1, 0.15) is 6.04 Å². The van der Waals surface area contributed by atoms with Gasteiger partial charge in [-0.15, -0.1) is 0 Å². The fourth-order valence-corrected chi connectivity index (χ4v) is 1.30. The first kappa shape index (κ1) is 9.52. The number of hydrogen-bond acceptors (Lipinski definition) is 3. The number of hydrogen-bond donors (Lipinski definition) is 1. The fraction of sp³-hybridized carbons (Fsp3) is 0.889. The highest BCUT2D eigenvalue weighted by Gasteiger charge is 2.36. The largest absolute Gasteiger partial charge is 0.468 e. The number of carbonyl (C=O) groups is 1. The van der Waals surface area contributed by atoms with Gasteiger partial charge in [0.2, 0.25) is 0 Å². The van der Waals surface area contributed by atoms with Crippen molar-refractivity contribution in [2.45, 2.75) is 32.2 Å². The monoisotopic (exact) mass is 171 g/mol. The molecule has 1 N–H and O–H groups in total. The summed E-state index contributed by atoms with van der Waals surface area (Å²) < 4.78 is 4.71. The van der Waals surface area contributed by atoms with E-state index in [9.17, 15) is 4.79 Å². The average Bonchev–Trinajstić information content (AvgIpc) is 2.88. The van der Waals surface area contributed by atoms with Crippen molar-refractivity contribution >= 4 is 5.97 Å². The van der Waals surface area contributed by atoms with E-state index in [1.807, 2.05) is 0 Å². The summed E-state index contributed by atoms with van der Waals surface area (Å²) in [5.41, 5.74) is 0. The molecule has 1 rings (SSSR count). The summed E-state index contributed by atoms with van der Waals surface area (Å²) >= 11 is 0. The number of methoxy groups -OCH3 is 1. The summed E-state index contributed by atoms with van der Waals surface area (Å²) in [7, 11) is 1.45. The van der Waals surface area contributed by atoms with E-state index in [1.165, 1.54) is 7.11 Å². The van der Waals surface area contributed by atoms with Gasteiger partial charge in [-0.2, -0.15) is 0 Å². The first-order chi connectivity index (χ1) is 5.79. The predicted molar refractivity (Wildman–Crippen MR) is 46.8 cm³/mol. The van der Waals surface area contributed by atoms with Crippen molar-refractivity contribution in [3.8, 4) is 0 Å². The van der Waals surface area contributed by atoms with Gasteiger partial charge in [0, 0.05) is 0 Å². The van der Waals surface area contributed by atoms with Gasteiger partial charge in [0.15, 0.2) is 0 Å². The minimum atomic E-state index is -0.106. The first-order valence-electron chi connectivity index (χ1n) is 4.60. The molecule has 3 heteroatoms. The van der Waals surface area contributed by atoms with Gasteiger partial charge in [0.05, 0.1) is 7.11 Å². The van der Waals surface area contributed by atoms with Crippen LogP contribution in [0.15, 0.2) is 0 Å². The summed E-state index contributed by atoms with van der Waals surface area (Å²) in [6.07, 6.45) is 3.38. The SMILES string of the molecule is CCCNC(C(=O)OC)C1CC1. The van der Waals surface area contributed by atoms with Crippen molar-refractivity contribution in [1.82, 2.24) is 5.32 Å². The maximum Gasteiger partial charge on any atom is 0.323 e. The molecule has 1 saturated carbocycles. The van der Waals surface area contributed by atoms with Crippen LogP contribution in [0.5, 0.6) is 0 Å². The lowest BCUT2D eigenvalue weighted by Gasteiger charge is -2.14. The van der Waals surface area contributed by atoms with Crippen LogP contribution in [0.2, 0.25) is 0 Å². The number of carbonyl (C=O) groups excluding carboxylic acids is 1. The van der Waals surface area contributed by atoms with Gasteiger partial charge in [-0.1, -0.05) is 6.92 Å². The second-order valence-electron chi connectivity index (χ2n) is 3.29. The lowest BCUT2D eigenvalue weighted by Crippen LogP contribution is -2.39. The number of rotatable bonds is 5. The third-order valence-corrected chi connectivity index (χ3v) is 2.16. The van der Waals surface area contributed by atoms with Crippen molar-refractivity contribution in [2.24, 2.45) is 5.92 Å². The fourth-order valence-electron chi connectivity index (χ4n) is 1.30. The quantitative estimate of drug-likeness (QED) is 0.625. The molecule has 3 nitrogen and oxygen atoms in total. The number of esters is 1. The van der Waals surface area contributed by atoms with E-state index in [2.05, 4.69) is 12.2 Å². The molecule has 0 bridgehead atoms. The molecule has 0 aromatic heterocycles. The third kappa shape index (κ3) is 2.48. The second kappa shape index (κ2) is 4.45. The smallest absolute Gasteiger partial charge is 0.323 e. The van der Waals surface area contributed by atoms with E-state index < -0.39 is 0 Å². The lowest BCUT2D eigenvalue weighted by atomic mass is 10.2. The normalized spacial score (nSPS) is 18.8. The highest BCUT2D eigenvalue weighted by molar-refractivity contribution is 5.76. The summed E-state index contributed by atoms with van der Waals surface area (Å²) in [4.78, 5) is 11.2. The molecule has 0 aromatic rings. The molecule has 70 valence electrons. The van der Waals surface area contributed by atoms with Gasteiger partial charge in [0.25, 0.3) is 0 Å². The zero-order valence-electron chi connectivity index (χ0n) is 7.80. The molecule has 1 aliphatic carbocycles. The zero-order chi connectivity index (χ0) is 8.97. The molecular formula is C9H17NO2. The molecule has 0 amide bonds. The predicted octanol–water partition coefficient (Wildman–Crippen LogP) is 0.938. The van der Waals surface area contributed by atoms with Crippen LogP contribution in [0.1, 0.15) is 26.2 Å². The standard InChI is InChI=1S/C9H17NO2/c1-3-6-10-8(7-4-5-7)9(11)12-2/h7-8,10H,3-6H2,1-2H3. The third-order valence-electron chi connectivity index (χ3n) is 2.16. The van der Waals surface area contributed by atoms with E-state index in [-0.39, 0.29) is 12.0 Å². The maximum absolute atomic E-state index is 11.2. The molecule has 1 unspecified atom stereocenters. The van der Waals surface area contributed by atoms with Gasteiger partial charge < -0.3 is 10.1 Å². The molecule has 1 aliphatic rings. The van der Waals surface area contributed by atoms with Gasteiger partial charge in [-0.3, -0.25) is 4.79 Å². The molecule has 0 heterocycles. The van der Waals surface area contributed by atoms with Crippen LogP contribution in [0, 0.1) is 5.92 Å². The highest BCUT2D eigenvalue weighted by atomic mass is 16.5. The summed E-state index contributed by atoms with van der Waals surface area (Å²) in [6.45, 7) is 2.99. The van der Waals surface area contributed by atoms with E-state index in [4.69, 9.17) is 4.74 Å². The topological polar surface area (TPSA) is 38.3 Å². The lowest BCUT2D eigenvalue weighted by molar-refractivity contribution is -0.143. The first-order valence-corrected chi connectivity index (χ1v) is 4.60. The summed E-state index contributed by atoms with van der Waals surface area (Å²) in [5, 5.41) is 3.21. The van der Waals surface area contributed by atoms with E-state index in [0.717, 1.165) is 25.8 Å². The molecule has 1 fully saturated rings. The van der Waals surface area contributed by atoms with Gasteiger partial charge >= 0.3 is 5.97 Å². The van der Waals surface area contributed by atoms with E-state index in [1.54, 1.807) is 0 Å². The van der Waals surface area contributed by atoms with Gasteiger partial charge in [-0.05, 0) is 31.7 Å². The molecule has 0 radical (unpaired) electrons. The van der Waals surface area contributed by atoms with Gasteiger partial charge in [-0.25, -0.2) is 0 Å². The van der Waals surface area contributed by atoms with Crippen LogP contribution in [0.4, 0.5) is 0 Å². The maximum atomic E-state index is 11.2. The van der Waals surface area contributed by atoms with Crippen molar-refractivity contribution in [1.29, 1.82) is 0 Å². The Hall–Kier alpha value is -0.570. The Morgan fingerprint density at radius 3 is 2.75 bits per heavy atom. The molecule has 0 aromatic carbocycles. The Labute approximate surface area is 73.5 Å². The van der Waals surface area contributed by atoms with E-state index in [0.29, 0.717) is 5.92 Å². The molecule has 1 atom stereocenters. The van der Waals surface area contributed by atoms with Crippen molar-refractivity contribution in [3.05, 3.63) is 0 Å². The van der Waals surface area contributed by atoms with Crippen molar-refractivity contribution < 1.29 is 9.53 Å². The van der Waals surface area contributed by atoms with Crippen LogP contribution >= 0.6 is 0 Å². The highest BCUT2D eigenvalue weighted by Crippen LogP contribution is 2.33. The van der Waals surface area contributed by atoms with Crippen LogP contribution < -0.4 is 5.32 Å². The molecule has 12 heavy (non-hydrogen) atoms. The summed E-state index contributed by atoms with van der Waals surface area (Å²) in [6, 6.07) is -0.0463. The minimum Gasteiger partial charge on any atom is -0.468 e. The van der Waals surface area contributed by atoms with Crippen molar-refractivity contribution in [3.63, 3.8) is 0 Å². The molecule has 0 saturated heterocycles. The average molecular weight is 171 g/mol. The Kier molecular flexibility index (Phi) is 3.53. The second-order valence-corrected chi connectivity index (χ2v) is 3.29. The summed E-state index contributed by atoms with van der Waals surface area (Å²) in [5.74, 6) is 0.426. The Balaban J connectivity index is 2.32. The zero-order valence-corrected chi connectivity index (χ0v) is 7.80. The Morgan fingerprint density at radius 1 is 1.67 bits per heavy atom. The van der Waals surface area contributed by atoms with Crippen molar-refractivity contribution in [2.75, 3.05) is 13.7 Å². The Bertz CT molecular complexity index is 155. The molecular weight excluding hydrogens is 154 g/mol. The minimum absolute atomic E-state index is 0.0463. The molecule has 0 aliphatic heterocycles. The van der Waals surface area contributed by atoms with E-state index >= 15 is 0 Å². The number of ether oxygens (including phenoxy) is 1. The molecule has 0 spiro atoms. The Morgan fingerprint density at radius 2 is 2.33 bits per heavy atom. The van der Waals surface area contributed by atoms with Crippen LogP contribution in [-0.2, 0) is 9.53 Å². The number of nitrogens with one attached hydrogen (secondary N) is 1. The van der Waals surface area contributed by atoms with Crippen LogP contribution in [0.3, 0.4) is 0 Å². The van der Waals surface area contributed by atoms with Crippen LogP contribution in [0.25, 0.3) is 0 Å².